The van der Waals surface area contributed by atoms with Crippen LogP contribution < -0.4 is 0 Å². The largest absolute Gasteiger partial charge is 0.429 e. The van der Waals surface area contributed by atoms with Gasteiger partial charge in [-0.25, -0.2) is 0 Å². The summed E-state index contributed by atoms with van der Waals surface area (Å²) in [6.45, 7) is 2.49. The number of aromatic nitrogens is 1. The van der Waals surface area contributed by atoms with Crippen LogP contribution in [0.4, 0.5) is 0 Å². The van der Waals surface area contributed by atoms with Gasteiger partial charge in [0.05, 0.1) is 18.2 Å². The van der Waals surface area contributed by atoms with Gasteiger partial charge in [0.1, 0.15) is 6.10 Å². The minimum atomic E-state index is -0.0323. The van der Waals surface area contributed by atoms with Gasteiger partial charge in [-0.15, -0.1) is 0 Å². The minimum absolute atomic E-state index is 0.0134. The molecule has 2 aliphatic rings. The van der Waals surface area contributed by atoms with Crippen molar-refractivity contribution in [1.82, 2.24) is 9.88 Å². The first kappa shape index (κ1) is 14.9. The Kier molecular flexibility index (Phi) is 3.92. The van der Waals surface area contributed by atoms with Crippen molar-refractivity contribution in [3.05, 3.63) is 28.6 Å². The molecule has 0 unspecified atom stereocenters. The Balaban J connectivity index is 1.53. The zero-order valence-corrected chi connectivity index (χ0v) is 13.4. The molecule has 2 saturated heterocycles. The van der Waals surface area contributed by atoms with E-state index in [0.29, 0.717) is 35.7 Å². The van der Waals surface area contributed by atoms with Gasteiger partial charge in [-0.1, -0.05) is 0 Å². The molecule has 2 atom stereocenters. The van der Waals surface area contributed by atoms with Crippen molar-refractivity contribution in [1.29, 1.82) is 0 Å². The number of hydrogen-bond donors (Lipinski definition) is 1. The number of carbonyl (C=O) groups is 1. The summed E-state index contributed by atoms with van der Waals surface area (Å²) in [4.78, 5) is 17.8. The number of fused-ring (bicyclic) bond motifs is 1. The van der Waals surface area contributed by atoms with E-state index < -0.39 is 0 Å². The smallest absolute Gasteiger partial charge is 0.266 e. The first-order valence-corrected chi connectivity index (χ1v) is 8.27. The molecule has 1 amide bonds. The molecular weight excluding hydrogens is 316 g/mol. The third kappa shape index (κ3) is 2.91. The van der Waals surface area contributed by atoms with Crippen LogP contribution >= 0.6 is 12.2 Å². The molecule has 0 aliphatic carbocycles. The number of ether oxygens (including phenoxy) is 2. The number of aromatic amines is 1. The van der Waals surface area contributed by atoms with Gasteiger partial charge in [0.15, 0.2) is 5.58 Å². The number of nitrogens with one attached hydrogen (secondary N) is 1. The van der Waals surface area contributed by atoms with E-state index in [1.54, 1.807) is 12.1 Å². The van der Waals surface area contributed by atoms with E-state index in [0.717, 1.165) is 25.0 Å². The molecule has 2 fully saturated rings. The van der Waals surface area contributed by atoms with E-state index in [2.05, 4.69) is 4.98 Å². The molecule has 2 aliphatic heterocycles. The summed E-state index contributed by atoms with van der Waals surface area (Å²) in [5.74, 6) is -0.0134. The molecule has 0 spiro atoms. The Labute approximate surface area is 138 Å². The number of oxazole rings is 1. The maximum atomic E-state index is 12.8. The van der Waals surface area contributed by atoms with Crippen LogP contribution in [0.1, 0.15) is 23.2 Å². The third-order valence-electron chi connectivity index (χ3n) is 4.43. The predicted molar refractivity (Wildman–Crippen MR) is 86.0 cm³/mol. The number of hydrogen-bond acceptors (Lipinski definition) is 5. The highest BCUT2D eigenvalue weighted by Crippen LogP contribution is 2.23. The summed E-state index contributed by atoms with van der Waals surface area (Å²) < 4.78 is 16.9. The Bertz CT molecular complexity index is 778. The van der Waals surface area contributed by atoms with Gasteiger partial charge in [0.2, 0.25) is 0 Å². The second kappa shape index (κ2) is 6.07. The highest BCUT2D eigenvalue weighted by Gasteiger charge is 2.33. The summed E-state index contributed by atoms with van der Waals surface area (Å²) in [5, 5.41) is 0. The van der Waals surface area contributed by atoms with Gasteiger partial charge in [0.25, 0.3) is 10.7 Å². The van der Waals surface area contributed by atoms with E-state index in [1.165, 1.54) is 0 Å². The van der Waals surface area contributed by atoms with Crippen LogP contribution in [0, 0.1) is 4.84 Å². The maximum Gasteiger partial charge on any atom is 0.266 e. The van der Waals surface area contributed by atoms with E-state index in [9.17, 15) is 4.79 Å². The number of benzene rings is 1. The predicted octanol–water partition coefficient (Wildman–Crippen LogP) is 2.51. The highest BCUT2D eigenvalue weighted by molar-refractivity contribution is 7.71. The average molecular weight is 334 g/mol. The molecule has 4 rings (SSSR count). The molecule has 0 radical (unpaired) electrons. The zero-order valence-electron chi connectivity index (χ0n) is 12.6. The van der Waals surface area contributed by atoms with Crippen molar-refractivity contribution < 1.29 is 18.7 Å². The molecule has 1 N–H and O–H groups in total. The molecule has 122 valence electrons. The quantitative estimate of drug-likeness (QED) is 0.855. The Morgan fingerprint density at radius 3 is 2.96 bits per heavy atom. The minimum Gasteiger partial charge on any atom is -0.429 e. The second-order valence-corrected chi connectivity index (χ2v) is 6.31. The number of rotatable bonds is 2. The first-order valence-electron chi connectivity index (χ1n) is 7.86. The Morgan fingerprint density at radius 1 is 1.26 bits per heavy atom. The van der Waals surface area contributed by atoms with Gasteiger partial charge in [-0.3, -0.25) is 4.79 Å². The lowest BCUT2D eigenvalue weighted by atomic mass is 10.1. The van der Waals surface area contributed by atoms with E-state index in [1.807, 2.05) is 11.0 Å². The number of carbonyl (C=O) groups excluding carboxylic acids is 1. The Morgan fingerprint density at radius 2 is 2.13 bits per heavy atom. The van der Waals surface area contributed by atoms with Crippen LogP contribution in [0.3, 0.4) is 0 Å². The SMILES string of the molecule is O=C(c1ccc2[nH]c(=S)oc2c1)N1CCO[C@H]([C@H]2CCCO2)C1. The number of morpholine rings is 1. The lowest BCUT2D eigenvalue weighted by Gasteiger charge is -2.35. The van der Waals surface area contributed by atoms with E-state index in [-0.39, 0.29) is 18.1 Å². The van der Waals surface area contributed by atoms with Gasteiger partial charge >= 0.3 is 0 Å². The molecule has 23 heavy (non-hydrogen) atoms. The molecule has 2 aromatic rings. The third-order valence-corrected chi connectivity index (χ3v) is 4.61. The van der Waals surface area contributed by atoms with Crippen molar-refractivity contribution in [2.75, 3.05) is 26.3 Å². The molecule has 1 aromatic heterocycles. The number of nitrogens with zero attached hydrogens (tertiary/aromatic N) is 1. The monoisotopic (exact) mass is 334 g/mol. The molecule has 6 nitrogen and oxygen atoms in total. The van der Waals surface area contributed by atoms with E-state index in [4.69, 9.17) is 26.1 Å². The summed E-state index contributed by atoms with van der Waals surface area (Å²) in [7, 11) is 0. The fourth-order valence-electron chi connectivity index (χ4n) is 3.24. The van der Waals surface area contributed by atoms with Gasteiger partial charge < -0.3 is 23.8 Å². The fraction of sp³-hybridized carbons (Fsp3) is 0.500. The summed E-state index contributed by atoms with van der Waals surface area (Å²) >= 11 is 4.98. The topological polar surface area (TPSA) is 67.7 Å². The second-order valence-electron chi connectivity index (χ2n) is 5.94. The van der Waals surface area contributed by atoms with Crippen molar-refractivity contribution in [3.8, 4) is 0 Å². The standard InChI is InChI=1S/C16H18N2O4S/c19-15(10-3-4-11-13(8-10)22-16(23)17-11)18-5-7-21-14(9-18)12-2-1-6-20-12/h3-4,8,12,14H,1-2,5-7,9H2,(H,17,23)/t12-,14+/m1/s1. The average Bonchev–Trinajstić information content (AvgIpc) is 3.22. The summed E-state index contributed by atoms with van der Waals surface area (Å²) in [6.07, 6.45) is 2.14. The van der Waals surface area contributed by atoms with Crippen LogP contribution in [-0.4, -0.2) is 54.3 Å². The highest BCUT2D eigenvalue weighted by atomic mass is 32.1. The van der Waals surface area contributed by atoms with Crippen molar-refractivity contribution in [2.24, 2.45) is 0 Å². The van der Waals surface area contributed by atoms with Gasteiger partial charge in [-0.2, -0.15) is 0 Å². The summed E-state index contributed by atoms with van der Waals surface area (Å²) in [6, 6.07) is 5.35. The summed E-state index contributed by atoms with van der Waals surface area (Å²) in [5.41, 5.74) is 2.00. The van der Waals surface area contributed by atoms with Crippen LogP contribution in [0.15, 0.2) is 22.6 Å². The lowest BCUT2D eigenvalue weighted by Crippen LogP contribution is -2.49. The lowest BCUT2D eigenvalue weighted by molar-refractivity contribution is -0.0867. The van der Waals surface area contributed by atoms with Crippen LogP contribution in [0.5, 0.6) is 0 Å². The molecular formula is C16H18N2O4S. The number of amides is 1. The fourth-order valence-corrected chi connectivity index (χ4v) is 3.44. The van der Waals surface area contributed by atoms with Crippen LogP contribution in [-0.2, 0) is 9.47 Å². The van der Waals surface area contributed by atoms with Crippen molar-refractivity contribution >= 4 is 29.2 Å². The van der Waals surface area contributed by atoms with Gasteiger partial charge in [0, 0.05) is 25.3 Å². The van der Waals surface area contributed by atoms with Crippen molar-refractivity contribution in [2.45, 2.75) is 25.0 Å². The molecule has 7 heteroatoms. The molecule has 1 aromatic carbocycles. The normalized spacial score (nSPS) is 25.1. The first-order chi connectivity index (χ1) is 11.2. The Hall–Kier alpha value is -1.70. The molecule has 3 heterocycles. The molecule has 0 bridgehead atoms. The number of H-pyrrole nitrogens is 1. The van der Waals surface area contributed by atoms with Crippen LogP contribution in [0.2, 0.25) is 0 Å². The van der Waals surface area contributed by atoms with Crippen LogP contribution in [0.25, 0.3) is 11.1 Å². The van der Waals surface area contributed by atoms with Crippen molar-refractivity contribution in [3.63, 3.8) is 0 Å². The molecule has 0 saturated carbocycles. The van der Waals surface area contributed by atoms with E-state index >= 15 is 0 Å². The van der Waals surface area contributed by atoms with Gasteiger partial charge in [-0.05, 0) is 43.3 Å². The maximum absolute atomic E-state index is 12.8. The zero-order chi connectivity index (χ0) is 15.8.